The molecule has 1 aromatic carbocycles. The first-order valence-electron chi connectivity index (χ1n) is 9.82. The summed E-state index contributed by atoms with van der Waals surface area (Å²) < 4.78 is 13.1. The number of piperidine rings is 1. The summed E-state index contributed by atoms with van der Waals surface area (Å²) in [6, 6.07) is 9.23. The van der Waals surface area contributed by atoms with Crippen molar-refractivity contribution in [3.05, 3.63) is 60.2 Å². The van der Waals surface area contributed by atoms with Crippen molar-refractivity contribution in [3.8, 4) is 0 Å². The second-order valence-corrected chi connectivity index (χ2v) is 7.59. The lowest BCUT2D eigenvalue weighted by atomic mass is 9.89. The lowest BCUT2D eigenvalue weighted by Crippen LogP contribution is -2.43. The highest BCUT2D eigenvalue weighted by atomic mass is 19.1. The van der Waals surface area contributed by atoms with Crippen LogP contribution in [0.1, 0.15) is 29.6 Å². The molecule has 2 amide bonds. The summed E-state index contributed by atoms with van der Waals surface area (Å²) in [5.74, 6) is -0.977. The van der Waals surface area contributed by atoms with Crippen molar-refractivity contribution in [3.63, 3.8) is 0 Å². The molecule has 0 spiro atoms. The van der Waals surface area contributed by atoms with Gasteiger partial charge in [0.15, 0.2) is 5.78 Å². The predicted molar refractivity (Wildman–Crippen MR) is 105 cm³/mol. The van der Waals surface area contributed by atoms with E-state index in [0.717, 1.165) is 0 Å². The molecular formula is C22H22FN3O3. The number of pyridine rings is 1. The zero-order valence-electron chi connectivity index (χ0n) is 16.0. The number of likely N-dealkylation sites (tertiary alicyclic amines) is 1. The number of hydrogen-bond acceptors (Lipinski definition) is 4. The van der Waals surface area contributed by atoms with Crippen molar-refractivity contribution in [2.45, 2.75) is 19.3 Å². The quantitative estimate of drug-likeness (QED) is 0.747. The Morgan fingerprint density at radius 3 is 2.41 bits per heavy atom. The van der Waals surface area contributed by atoms with Gasteiger partial charge in [-0.1, -0.05) is 0 Å². The van der Waals surface area contributed by atoms with Crippen LogP contribution in [0, 0.1) is 17.7 Å². The molecule has 2 fully saturated rings. The van der Waals surface area contributed by atoms with Gasteiger partial charge in [-0.05, 0) is 49.2 Å². The van der Waals surface area contributed by atoms with Gasteiger partial charge in [-0.25, -0.2) is 4.39 Å². The van der Waals surface area contributed by atoms with E-state index in [1.165, 1.54) is 12.1 Å². The van der Waals surface area contributed by atoms with Crippen LogP contribution in [0.3, 0.4) is 0 Å². The number of benzene rings is 1. The fourth-order valence-corrected chi connectivity index (χ4v) is 4.11. The predicted octanol–water partition coefficient (Wildman–Crippen LogP) is 2.70. The van der Waals surface area contributed by atoms with E-state index in [4.69, 9.17) is 0 Å². The van der Waals surface area contributed by atoms with Gasteiger partial charge in [-0.2, -0.15) is 0 Å². The van der Waals surface area contributed by atoms with Crippen LogP contribution < -0.4 is 4.90 Å². The molecule has 2 saturated heterocycles. The van der Waals surface area contributed by atoms with Crippen molar-refractivity contribution in [1.29, 1.82) is 0 Å². The Balaban J connectivity index is 1.34. The van der Waals surface area contributed by atoms with Gasteiger partial charge in [0.05, 0.1) is 5.92 Å². The number of aromatic nitrogens is 1. The summed E-state index contributed by atoms with van der Waals surface area (Å²) in [4.78, 5) is 45.2. The van der Waals surface area contributed by atoms with E-state index in [2.05, 4.69) is 4.98 Å². The minimum Gasteiger partial charge on any atom is -0.342 e. The van der Waals surface area contributed by atoms with E-state index in [1.807, 2.05) is 0 Å². The minimum atomic E-state index is -0.405. The van der Waals surface area contributed by atoms with E-state index in [-0.39, 0.29) is 35.8 Å². The number of anilines is 1. The summed E-state index contributed by atoms with van der Waals surface area (Å²) in [5.41, 5.74) is 1.21. The van der Waals surface area contributed by atoms with Crippen LogP contribution in [0.2, 0.25) is 0 Å². The number of rotatable bonds is 4. The van der Waals surface area contributed by atoms with Gasteiger partial charge in [0.1, 0.15) is 5.82 Å². The lowest BCUT2D eigenvalue weighted by molar-refractivity contribution is -0.137. The number of amides is 2. The monoisotopic (exact) mass is 395 g/mol. The standard InChI is InChI=1S/C22H22FN3O3/c23-18-3-5-19(6-4-18)26-14-17(12-20(26)27)22(29)25-10-7-15(8-11-25)21(28)16-2-1-9-24-13-16/h1-6,9,13,15,17H,7-8,10-12,14H2. The average Bonchev–Trinajstić information content (AvgIpc) is 3.15. The first kappa shape index (κ1) is 19.2. The Kier molecular flexibility index (Phi) is 5.38. The normalized spacial score (nSPS) is 20.2. The van der Waals surface area contributed by atoms with E-state index >= 15 is 0 Å². The number of carbonyl (C=O) groups is 3. The molecule has 1 aromatic heterocycles. The molecule has 2 aliphatic heterocycles. The summed E-state index contributed by atoms with van der Waals surface area (Å²) in [5, 5.41) is 0. The Hall–Kier alpha value is -3.09. The molecule has 4 rings (SSSR count). The zero-order chi connectivity index (χ0) is 20.4. The molecule has 0 saturated carbocycles. The second kappa shape index (κ2) is 8.11. The molecule has 0 radical (unpaired) electrons. The highest BCUT2D eigenvalue weighted by molar-refractivity contribution is 6.00. The van der Waals surface area contributed by atoms with Gasteiger partial charge < -0.3 is 9.80 Å². The molecule has 2 aliphatic rings. The fourth-order valence-electron chi connectivity index (χ4n) is 4.11. The largest absolute Gasteiger partial charge is 0.342 e. The van der Waals surface area contributed by atoms with Crippen molar-refractivity contribution in [2.75, 3.05) is 24.5 Å². The highest BCUT2D eigenvalue weighted by Gasteiger charge is 2.38. The van der Waals surface area contributed by atoms with Crippen LogP contribution >= 0.6 is 0 Å². The fraction of sp³-hybridized carbons (Fsp3) is 0.364. The van der Waals surface area contributed by atoms with Crippen LogP contribution in [0.15, 0.2) is 48.8 Å². The second-order valence-electron chi connectivity index (χ2n) is 7.59. The smallest absolute Gasteiger partial charge is 0.228 e. The highest BCUT2D eigenvalue weighted by Crippen LogP contribution is 2.28. The van der Waals surface area contributed by atoms with E-state index in [0.29, 0.717) is 43.7 Å². The van der Waals surface area contributed by atoms with Crippen LogP contribution in [0.5, 0.6) is 0 Å². The summed E-state index contributed by atoms with van der Waals surface area (Å²) in [7, 11) is 0. The average molecular weight is 395 g/mol. The van der Waals surface area contributed by atoms with Gasteiger partial charge in [-0.15, -0.1) is 0 Å². The van der Waals surface area contributed by atoms with Crippen LogP contribution in [0.25, 0.3) is 0 Å². The maximum absolute atomic E-state index is 13.1. The SMILES string of the molecule is O=C(c1cccnc1)C1CCN(C(=O)C2CC(=O)N(c3ccc(F)cc3)C2)CC1. The molecule has 1 atom stereocenters. The van der Waals surface area contributed by atoms with Crippen LogP contribution in [0.4, 0.5) is 10.1 Å². The third-order valence-corrected chi connectivity index (χ3v) is 5.74. The third-order valence-electron chi connectivity index (χ3n) is 5.74. The molecule has 0 bridgehead atoms. The summed E-state index contributed by atoms with van der Waals surface area (Å²) in [6.45, 7) is 1.32. The molecule has 3 heterocycles. The maximum Gasteiger partial charge on any atom is 0.228 e. The molecular weight excluding hydrogens is 373 g/mol. The summed E-state index contributed by atoms with van der Waals surface area (Å²) >= 11 is 0. The van der Waals surface area contributed by atoms with Crippen LogP contribution in [-0.2, 0) is 9.59 Å². The Labute approximate surface area is 168 Å². The Bertz CT molecular complexity index is 909. The molecule has 0 N–H and O–H groups in total. The van der Waals surface area contributed by atoms with Crippen molar-refractivity contribution in [2.24, 2.45) is 11.8 Å². The number of Topliss-reactive ketones (excluding diaryl/α,β-unsaturated/α-hetero) is 1. The van der Waals surface area contributed by atoms with E-state index < -0.39 is 5.92 Å². The van der Waals surface area contributed by atoms with Gasteiger partial charge in [0, 0.05) is 55.6 Å². The van der Waals surface area contributed by atoms with Crippen LogP contribution in [-0.4, -0.2) is 47.1 Å². The number of carbonyl (C=O) groups excluding carboxylic acids is 3. The number of nitrogens with zero attached hydrogens (tertiary/aromatic N) is 3. The Morgan fingerprint density at radius 1 is 1.03 bits per heavy atom. The number of halogens is 1. The Morgan fingerprint density at radius 2 is 1.76 bits per heavy atom. The van der Waals surface area contributed by atoms with Gasteiger partial charge >= 0.3 is 0 Å². The molecule has 6 nitrogen and oxygen atoms in total. The van der Waals surface area contributed by atoms with Crippen molar-refractivity contribution >= 4 is 23.3 Å². The first-order chi connectivity index (χ1) is 14.0. The van der Waals surface area contributed by atoms with Gasteiger partial charge in [0.2, 0.25) is 11.8 Å². The minimum absolute atomic E-state index is 0.0461. The van der Waals surface area contributed by atoms with Crippen molar-refractivity contribution in [1.82, 2.24) is 9.88 Å². The topological polar surface area (TPSA) is 70.6 Å². The summed E-state index contributed by atoms with van der Waals surface area (Å²) in [6.07, 6.45) is 4.60. The molecule has 0 aliphatic carbocycles. The lowest BCUT2D eigenvalue weighted by Gasteiger charge is -2.33. The molecule has 29 heavy (non-hydrogen) atoms. The van der Waals surface area contributed by atoms with E-state index in [1.54, 1.807) is 46.5 Å². The molecule has 7 heteroatoms. The number of hydrogen-bond donors (Lipinski definition) is 0. The molecule has 2 aromatic rings. The maximum atomic E-state index is 13.1. The van der Waals surface area contributed by atoms with Crippen molar-refractivity contribution < 1.29 is 18.8 Å². The van der Waals surface area contributed by atoms with Gasteiger partial charge in [-0.3, -0.25) is 19.4 Å². The third kappa shape index (κ3) is 4.04. The first-order valence-corrected chi connectivity index (χ1v) is 9.82. The zero-order valence-corrected chi connectivity index (χ0v) is 16.0. The molecule has 150 valence electrons. The van der Waals surface area contributed by atoms with Gasteiger partial charge in [0.25, 0.3) is 0 Å². The van der Waals surface area contributed by atoms with E-state index in [9.17, 15) is 18.8 Å². The number of ketones is 1. The molecule has 1 unspecified atom stereocenters.